The number of aliphatic carboxylic acids is 1. The second kappa shape index (κ2) is 5.92. The molecule has 0 aliphatic heterocycles. The van der Waals surface area contributed by atoms with Gasteiger partial charge in [0.1, 0.15) is 5.75 Å². The molecule has 1 aliphatic rings. The molecule has 1 aliphatic carbocycles. The topological polar surface area (TPSA) is 46.5 Å². The summed E-state index contributed by atoms with van der Waals surface area (Å²) in [5.41, 5.74) is 3.51. The van der Waals surface area contributed by atoms with E-state index in [2.05, 4.69) is 32.6 Å². The lowest BCUT2D eigenvalue weighted by Crippen LogP contribution is -2.38. The summed E-state index contributed by atoms with van der Waals surface area (Å²) in [6.45, 7) is 8.37. The number of benzene rings is 1. The van der Waals surface area contributed by atoms with Gasteiger partial charge in [0, 0.05) is 6.42 Å². The van der Waals surface area contributed by atoms with Gasteiger partial charge in [0.2, 0.25) is 0 Å². The van der Waals surface area contributed by atoms with Gasteiger partial charge in [-0.25, -0.2) is 0 Å². The number of rotatable bonds is 5. The van der Waals surface area contributed by atoms with Gasteiger partial charge in [-0.3, -0.25) is 4.79 Å². The first-order valence-electron chi connectivity index (χ1n) is 7.43. The zero-order valence-electron chi connectivity index (χ0n) is 13.1. The number of carboxylic acids is 1. The molecule has 114 valence electrons. The zero-order chi connectivity index (χ0) is 15.6. The van der Waals surface area contributed by atoms with Crippen LogP contribution in [0, 0.1) is 5.92 Å². The molecule has 0 fully saturated rings. The minimum atomic E-state index is -0.739. The van der Waals surface area contributed by atoms with E-state index in [0.717, 1.165) is 24.2 Å². The molecule has 0 radical (unpaired) electrons. The molecule has 2 rings (SSSR count). The molecular formula is C18H24O3. The van der Waals surface area contributed by atoms with E-state index in [1.54, 1.807) is 7.11 Å². The van der Waals surface area contributed by atoms with Crippen LogP contribution in [0.15, 0.2) is 30.4 Å². The molecule has 0 bridgehead atoms. The second-order valence-electron chi connectivity index (χ2n) is 6.27. The fraction of sp³-hybridized carbons (Fsp3) is 0.500. The molecule has 1 aromatic carbocycles. The maximum Gasteiger partial charge on any atom is 0.303 e. The number of ether oxygens (including phenoxy) is 1. The van der Waals surface area contributed by atoms with Gasteiger partial charge in [0.25, 0.3) is 0 Å². The summed E-state index contributed by atoms with van der Waals surface area (Å²) in [7, 11) is 1.67. The molecule has 2 atom stereocenters. The monoisotopic (exact) mass is 288 g/mol. The fourth-order valence-corrected chi connectivity index (χ4v) is 3.73. The van der Waals surface area contributed by atoms with Crippen molar-refractivity contribution in [2.45, 2.75) is 44.9 Å². The van der Waals surface area contributed by atoms with Gasteiger partial charge in [-0.1, -0.05) is 25.1 Å². The number of carboxylic acid groups (broad SMARTS) is 1. The summed E-state index contributed by atoms with van der Waals surface area (Å²) in [5.74, 6) is 0.457. The van der Waals surface area contributed by atoms with Crippen LogP contribution in [-0.4, -0.2) is 18.2 Å². The van der Waals surface area contributed by atoms with Crippen LogP contribution in [0.5, 0.6) is 5.75 Å². The number of hydrogen-bond donors (Lipinski definition) is 1. The van der Waals surface area contributed by atoms with Crippen molar-refractivity contribution >= 4 is 5.97 Å². The molecular weight excluding hydrogens is 264 g/mol. The molecule has 0 unspecified atom stereocenters. The summed E-state index contributed by atoms with van der Waals surface area (Å²) >= 11 is 0. The van der Waals surface area contributed by atoms with Crippen LogP contribution in [0.1, 0.15) is 44.2 Å². The average Bonchev–Trinajstić information content (AvgIpc) is 2.44. The van der Waals surface area contributed by atoms with E-state index in [1.807, 2.05) is 6.07 Å². The Morgan fingerprint density at radius 1 is 1.52 bits per heavy atom. The first-order chi connectivity index (χ1) is 9.88. The zero-order valence-corrected chi connectivity index (χ0v) is 13.1. The van der Waals surface area contributed by atoms with E-state index in [9.17, 15) is 4.79 Å². The van der Waals surface area contributed by atoms with Crippen molar-refractivity contribution in [1.82, 2.24) is 0 Å². The SMILES string of the molecule is C=C(C)[C@@H]1CCc2cc(OC)ccc2[C@@]1(C)CCC(=O)O. The van der Waals surface area contributed by atoms with E-state index < -0.39 is 5.97 Å². The van der Waals surface area contributed by atoms with Gasteiger partial charge in [0.05, 0.1) is 7.11 Å². The third-order valence-electron chi connectivity index (χ3n) is 4.85. The van der Waals surface area contributed by atoms with Gasteiger partial charge in [0.15, 0.2) is 0 Å². The number of methoxy groups -OCH3 is 1. The van der Waals surface area contributed by atoms with Crippen LogP contribution < -0.4 is 4.74 Å². The molecule has 3 heteroatoms. The highest BCUT2D eigenvalue weighted by Gasteiger charge is 2.40. The van der Waals surface area contributed by atoms with Crippen LogP contribution in [0.4, 0.5) is 0 Å². The number of allylic oxidation sites excluding steroid dienone is 1. The van der Waals surface area contributed by atoms with Gasteiger partial charge in [-0.05, 0) is 60.8 Å². The molecule has 21 heavy (non-hydrogen) atoms. The Balaban J connectivity index is 2.45. The van der Waals surface area contributed by atoms with E-state index in [4.69, 9.17) is 9.84 Å². The molecule has 0 spiro atoms. The number of carbonyl (C=O) groups is 1. The summed E-state index contributed by atoms with van der Waals surface area (Å²) in [6, 6.07) is 6.16. The largest absolute Gasteiger partial charge is 0.497 e. The van der Waals surface area contributed by atoms with Crippen LogP contribution in [0.3, 0.4) is 0 Å². The molecule has 0 amide bonds. The molecule has 0 saturated carbocycles. The van der Waals surface area contributed by atoms with Gasteiger partial charge >= 0.3 is 5.97 Å². The Bertz CT molecular complexity index is 562. The average molecular weight is 288 g/mol. The standard InChI is InChI=1S/C18H24O3/c1-12(2)15-7-5-13-11-14(21-4)6-8-16(13)18(15,3)10-9-17(19)20/h6,8,11,15H,1,5,7,9-10H2,2-4H3,(H,19,20)/t15-,18-/m0/s1. The van der Waals surface area contributed by atoms with E-state index in [-0.39, 0.29) is 11.8 Å². The Morgan fingerprint density at radius 3 is 2.81 bits per heavy atom. The number of aryl methyl sites for hydroxylation is 1. The lowest BCUT2D eigenvalue weighted by atomic mass is 9.60. The van der Waals surface area contributed by atoms with Gasteiger partial charge in [-0.15, -0.1) is 0 Å². The van der Waals surface area contributed by atoms with E-state index in [1.165, 1.54) is 11.1 Å². The lowest BCUT2D eigenvalue weighted by molar-refractivity contribution is -0.137. The summed E-state index contributed by atoms with van der Waals surface area (Å²) in [5, 5.41) is 9.07. The minimum absolute atomic E-state index is 0.163. The third-order valence-corrected chi connectivity index (χ3v) is 4.85. The van der Waals surface area contributed by atoms with Crippen LogP contribution in [0.25, 0.3) is 0 Å². The maximum atomic E-state index is 11.0. The highest BCUT2D eigenvalue weighted by atomic mass is 16.5. The Labute approximate surface area is 126 Å². The fourth-order valence-electron chi connectivity index (χ4n) is 3.73. The van der Waals surface area contributed by atoms with Crippen LogP contribution in [-0.2, 0) is 16.6 Å². The van der Waals surface area contributed by atoms with Crippen molar-refractivity contribution in [1.29, 1.82) is 0 Å². The van der Waals surface area contributed by atoms with Crippen LogP contribution >= 0.6 is 0 Å². The molecule has 0 heterocycles. The normalized spacial score (nSPS) is 24.2. The Morgan fingerprint density at radius 2 is 2.24 bits per heavy atom. The van der Waals surface area contributed by atoms with Crippen molar-refractivity contribution in [2.24, 2.45) is 5.92 Å². The predicted octanol–water partition coefficient (Wildman–Crippen LogP) is 3.96. The smallest absolute Gasteiger partial charge is 0.303 e. The van der Waals surface area contributed by atoms with Gasteiger partial charge < -0.3 is 9.84 Å². The van der Waals surface area contributed by atoms with Crippen molar-refractivity contribution < 1.29 is 14.6 Å². The first kappa shape index (κ1) is 15.6. The summed E-state index contributed by atoms with van der Waals surface area (Å²) in [4.78, 5) is 11.0. The highest BCUT2D eigenvalue weighted by Crippen LogP contribution is 2.47. The highest BCUT2D eigenvalue weighted by molar-refractivity contribution is 5.67. The second-order valence-corrected chi connectivity index (χ2v) is 6.27. The predicted molar refractivity (Wildman–Crippen MR) is 83.8 cm³/mol. The summed E-state index contributed by atoms with van der Waals surface area (Å²) in [6.07, 6.45) is 2.84. The molecule has 1 aromatic rings. The lowest BCUT2D eigenvalue weighted by Gasteiger charge is -2.44. The quantitative estimate of drug-likeness (QED) is 0.834. The van der Waals surface area contributed by atoms with Crippen molar-refractivity contribution in [3.05, 3.63) is 41.5 Å². The van der Waals surface area contributed by atoms with Gasteiger partial charge in [-0.2, -0.15) is 0 Å². The van der Waals surface area contributed by atoms with Crippen molar-refractivity contribution in [3.63, 3.8) is 0 Å². The maximum absolute atomic E-state index is 11.0. The number of hydrogen-bond acceptors (Lipinski definition) is 2. The first-order valence-corrected chi connectivity index (χ1v) is 7.43. The molecule has 0 saturated heterocycles. The molecule has 3 nitrogen and oxygen atoms in total. The summed E-state index contributed by atoms with van der Waals surface area (Å²) < 4.78 is 5.31. The number of fused-ring (bicyclic) bond motifs is 1. The van der Waals surface area contributed by atoms with Crippen molar-refractivity contribution in [3.8, 4) is 5.75 Å². The third kappa shape index (κ3) is 2.97. The van der Waals surface area contributed by atoms with Crippen LogP contribution in [0.2, 0.25) is 0 Å². The Hall–Kier alpha value is -1.77. The van der Waals surface area contributed by atoms with E-state index >= 15 is 0 Å². The van der Waals surface area contributed by atoms with E-state index in [0.29, 0.717) is 12.3 Å². The molecule has 0 aromatic heterocycles. The van der Waals surface area contributed by atoms with Crippen molar-refractivity contribution in [2.75, 3.05) is 7.11 Å². The molecule has 1 N–H and O–H groups in total. The Kier molecular flexibility index (Phi) is 4.40. The minimum Gasteiger partial charge on any atom is -0.497 e.